The number of carbonyl (C=O) groups excluding carboxylic acids is 2. The number of sulfonamides is 1. The molecule has 3 aromatic rings. The van der Waals surface area contributed by atoms with Crippen molar-refractivity contribution >= 4 is 27.5 Å². The number of aryl methyl sites for hydroxylation is 1. The zero-order valence-corrected chi connectivity index (χ0v) is 26.9. The predicted molar refractivity (Wildman–Crippen MR) is 175 cm³/mol. The molecule has 0 unspecified atom stereocenters. The molecule has 1 saturated carbocycles. The van der Waals surface area contributed by atoms with Crippen molar-refractivity contribution in [2.75, 3.05) is 24.2 Å². The van der Waals surface area contributed by atoms with Crippen molar-refractivity contribution in [1.82, 2.24) is 10.2 Å². The summed E-state index contributed by atoms with van der Waals surface area (Å²) in [4.78, 5) is 29.7. The van der Waals surface area contributed by atoms with Gasteiger partial charge in [-0.2, -0.15) is 0 Å². The van der Waals surface area contributed by atoms with Crippen LogP contribution < -0.4 is 14.4 Å². The van der Waals surface area contributed by atoms with Gasteiger partial charge < -0.3 is 15.0 Å². The highest BCUT2D eigenvalue weighted by atomic mass is 32.2. The fourth-order valence-corrected chi connectivity index (χ4v) is 6.75. The Morgan fingerprint density at radius 3 is 2.27 bits per heavy atom. The number of amides is 2. The largest absolute Gasteiger partial charge is 0.497 e. The van der Waals surface area contributed by atoms with E-state index in [1.165, 1.54) is 17.0 Å². The van der Waals surface area contributed by atoms with Crippen molar-refractivity contribution in [2.45, 2.75) is 76.9 Å². The van der Waals surface area contributed by atoms with Crippen LogP contribution in [0.5, 0.6) is 5.75 Å². The first-order valence-corrected chi connectivity index (χ1v) is 17.3. The zero-order chi connectivity index (χ0) is 31.5. The Labute approximate surface area is 262 Å². The Morgan fingerprint density at radius 2 is 1.61 bits per heavy atom. The Hall–Kier alpha value is -3.85. The first-order chi connectivity index (χ1) is 21.1. The van der Waals surface area contributed by atoms with Crippen LogP contribution in [-0.4, -0.2) is 57.1 Å². The van der Waals surface area contributed by atoms with E-state index in [0.717, 1.165) is 42.4 Å². The van der Waals surface area contributed by atoms with Crippen LogP contribution in [0.2, 0.25) is 0 Å². The quantitative estimate of drug-likeness (QED) is 0.252. The number of hydrogen-bond donors (Lipinski definition) is 1. The number of benzene rings is 3. The predicted octanol–water partition coefficient (Wildman–Crippen LogP) is 5.64. The Kier molecular flexibility index (Phi) is 11.8. The Morgan fingerprint density at radius 1 is 0.932 bits per heavy atom. The van der Waals surface area contributed by atoms with E-state index in [0.29, 0.717) is 24.3 Å². The molecule has 236 valence electrons. The number of rotatable bonds is 14. The third-order valence-corrected chi connectivity index (χ3v) is 9.38. The molecule has 0 spiro atoms. The number of ether oxygens (including phenoxy) is 1. The molecule has 0 aliphatic heterocycles. The second-order valence-corrected chi connectivity index (χ2v) is 13.6. The first-order valence-electron chi connectivity index (χ1n) is 15.4. The van der Waals surface area contributed by atoms with Crippen LogP contribution >= 0.6 is 0 Å². The maximum Gasteiger partial charge on any atom is 0.243 e. The van der Waals surface area contributed by atoms with Gasteiger partial charge >= 0.3 is 0 Å². The molecule has 1 aliphatic rings. The molecule has 44 heavy (non-hydrogen) atoms. The van der Waals surface area contributed by atoms with Crippen LogP contribution in [0.3, 0.4) is 0 Å². The molecule has 0 radical (unpaired) electrons. The van der Waals surface area contributed by atoms with E-state index >= 15 is 0 Å². The molecule has 3 aromatic carbocycles. The lowest BCUT2D eigenvalue weighted by Gasteiger charge is -2.34. The van der Waals surface area contributed by atoms with Crippen LogP contribution in [0, 0.1) is 6.92 Å². The third kappa shape index (κ3) is 9.58. The molecule has 9 heteroatoms. The van der Waals surface area contributed by atoms with Gasteiger partial charge in [0.15, 0.2) is 0 Å². The second kappa shape index (κ2) is 15.7. The SMILES string of the molecule is COc1cccc(CN(C(=O)CCCN(c2ccc(C)cc2)S(C)(=O)=O)[C@H](Cc2ccccc2)C(=O)NC2CCCCC2)c1. The second-order valence-electron chi connectivity index (χ2n) is 11.7. The van der Waals surface area contributed by atoms with Gasteiger partial charge in [0, 0.05) is 32.0 Å². The van der Waals surface area contributed by atoms with E-state index in [2.05, 4.69) is 5.32 Å². The van der Waals surface area contributed by atoms with Gasteiger partial charge in [0.2, 0.25) is 21.8 Å². The van der Waals surface area contributed by atoms with Crippen LogP contribution in [-0.2, 0) is 32.6 Å². The van der Waals surface area contributed by atoms with Gasteiger partial charge in [-0.3, -0.25) is 13.9 Å². The monoisotopic (exact) mass is 619 g/mol. The van der Waals surface area contributed by atoms with Crippen LogP contribution in [0.25, 0.3) is 0 Å². The van der Waals surface area contributed by atoms with Crippen LogP contribution in [0.4, 0.5) is 5.69 Å². The molecular weight excluding hydrogens is 574 g/mol. The summed E-state index contributed by atoms with van der Waals surface area (Å²) in [5, 5.41) is 3.26. The smallest absolute Gasteiger partial charge is 0.243 e. The Bertz CT molecular complexity index is 1470. The molecule has 0 aromatic heterocycles. The number of hydrogen-bond acceptors (Lipinski definition) is 5. The van der Waals surface area contributed by atoms with Crippen molar-refractivity contribution in [3.8, 4) is 5.75 Å². The van der Waals surface area contributed by atoms with Gasteiger partial charge in [0.25, 0.3) is 0 Å². The maximum atomic E-state index is 14.1. The Balaban J connectivity index is 1.60. The maximum absolute atomic E-state index is 14.1. The first kappa shape index (κ1) is 33.1. The normalized spacial score (nSPS) is 14.4. The topological polar surface area (TPSA) is 96.0 Å². The summed E-state index contributed by atoms with van der Waals surface area (Å²) in [6.45, 7) is 2.32. The summed E-state index contributed by atoms with van der Waals surface area (Å²) in [5.74, 6) is 0.308. The van der Waals surface area contributed by atoms with E-state index in [9.17, 15) is 18.0 Å². The average molecular weight is 620 g/mol. The summed E-state index contributed by atoms with van der Waals surface area (Å²) in [5.41, 5.74) is 3.40. The lowest BCUT2D eigenvalue weighted by atomic mass is 9.94. The number of carbonyl (C=O) groups is 2. The lowest BCUT2D eigenvalue weighted by Crippen LogP contribution is -2.52. The standard InChI is InChI=1S/C35H45N3O5S/c1-27-19-21-31(22-20-27)38(44(3,41)42)23-11-18-34(39)37(26-29-14-10-17-32(24-29)43-2)33(25-28-12-6-4-7-13-28)35(40)36-30-15-8-5-9-16-30/h4,6-7,10,12-14,17,19-22,24,30,33H,5,8-9,11,15-16,18,23,25-26H2,1-3H3,(H,36,40)/t33-/m1/s1. The fraction of sp³-hybridized carbons (Fsp3) is 0.429. The summed E-state index contributed by atoms with van der Waals surface area (Å²) >= 11 is 0. The van der Waals surface area contributed by atoms with Gasteiger partial charge in [0.1, 0.15) is 11.8 Å². The van der Waals surface area contributed by atoms with E-state index in [4.69, 9.17) is 4.74 Å². The van der Waals surface area contributed by atoms with Crippen molar-refractivity contribution in [3.63, 3.8) is 0 Å². The van der Waals surface area contributed by atoms with Gasteiger partial charge in [-0.25, -0.2) is 8.42 Å². The molecule has 2 amide bonds. The van der Waals surface area contributed by atoms with Crippen molar-refractivity contribution in [2.24, 2.45) is 0 Å². The fourth-order valence-electron chi connectivity index (χ4n) is 5.78. The van der Waals surface area contributed by atoms with Gasteiger partial charge in [-0.05, 0) is 61.6 Å². The van der Waals surface area contributed by atoms with Gasteiger partial charge in [-0.1, -0.05) is 79.4 Å². The number of nitrogens with zero attached hydrogens (tertiary/aromatic N) is 2. The highest BCUT2D eigenvalue weighted by Crippen LogP contribution is 2.23. The third-order valence-electron chi connectivity index (χ3n) is 8.18. The van der Waals surface area contributed by atoms with Crippen molar-refractivity contribution in [3.05, 3.63) is 95.6 Å². The molecule has 1 aliphatic carbocycles. The molecule has 0 saturated heterocycles. The number of anilines is 1. The highest BCUT2D eigenvalue weighted by Gasteiger charge is 2.32. The molecule has 1 N–H and O–H groups in total. The number of methoxy groups -OCH3 is 1. The minimum absolute atomic E-state index is 0.0872. The molecular formula is C35H45N3O5S. The highest BCUT2D eigenvalue weighted by molar-refractivity contribution is 7.92. The summed E-state index contributed by atoms with van der Waals surface area (Å²) in [7, 11) is -1.97. The van der Waals surface area contributed by atoms with E-state index < -0.39 is 16.1 Å². The molecule has 0 heterocycles. The molecule has 1 atom stereocenters. The summed E-state index contributed by atoms with van der Waals surface area (Å²) < 4.78 is 32.1. The molecule has 4 rings (SSSR count). The van der Waals surface area contributed by atoms with Crippen LogP contribution in [0.15, 0.2) is 78.9 Å². The van der Waals surface area contributed by atoms with E-state index in [1.807, 2.05) is 73.7 Å². The number of nitrogens with one attached hydrogen (secondary N) is 1. The van der Waals surface area contributed by atoms with Crippen molar-refractivity contribution < 1.29 is 22.7 Å². The van der Waals surface area contributed by atoms with Crippen LogP contribution in [0.1, 0.15) is 61.6 Å². The van der Waals surface area contributed by atoms with E-state index in [1.54, 1.807) is 24.1 Å². The lowest BCUT2D eigenvalue weighted by molar-refractivity contribution is -0.141. The van der Waals surface area contributed by atoms with Crippen molar-refractivity contribution in [1.29, 1.82) is 0 Å². The van der Waals surface area contributed by atoms with E-state index in [-0.39, 0.29) is 37.4 Å². The zero-order valence-electron chi connectivity index (χ0n) is 26.1. The molecule has 0 bridgehead atoms. The average Bonchev–Trinajstić information content (AvgIpc) is 3.02. The van der Waals surface area contributed by atoms with Gasteiger partial charge in [0.05, 0.1) is 19.1 Å². The van der Waals surface area contributed by atoms with Gasteiger partial charge in [-0.15, -0.1) is 0 Å². The summed E-state index contributed by atoms with van der Waals surface area (Å²) in [6.07, 6.45) is 7.15. The summed E-state index contributed by atoms with van der Waals surface area (Å²) in [6, 6.07) is 23.9. The minimum atomic E-state index is -3.56. The molecule has 1 fully saturated rings. The molecule has 8 nitrogen and oxygen atoms in total. The minimum Gasteiger partial charge on any atom is -0.497 e.